The molecule has 1 atom stereocenters. The van der Waals surface area contributed by atoms with Crippen LogP contribution >= 0.6 is 0 Å². The molecule has 1 unspecified atom stereocenters. The fraction of sp³-hybridized carbons (Fsp3) is 1.00. The Morgan fingerprint density at radius 3 is 2.47 bits per heavy atom. The molecule has 2 fully saturated rings. The molecule has 1 aliphatic heterocycles. The lowest BCUT2D eigenvalue weighted by atomic mass is 9.89. The highest BCUT2D eigenvalue weighted by Crippen LogP contribution is 2.44. The van der Waals surface area contributed by atoms with Crippen molar-refractivity contribution in [1.82, 2.24) is 10.2 Å². The van der Waals surface area contributed by atoms with E-state index in [1.807, 2.05) is 0 Å². The lowest BCUT2D eigenvalue weighted by molar-refractivity contribution is 0.0138. The molecule has 1 heterocycles. The van der Waals surface area contributed by atoms with Crippen LogP contribution in [-0.2, 0) is 0 Å². The molecule has 2 nitrogen and oxygen atoms in total. The van der Waals surface area contributed by atoms with Crippen molar-refractivity contribution < 1.29 is 0 Å². The zero-order valence-electron chi connectivity index (χ0n) is 10.7. The van der Waals surface area contributed by atoms with E-state index in [1.54, 1.807) is 0 Å². The molecule has 1 aliphatic carbocycles. The minimum Gasteiger partial charge on any atom is -0.314 e. The van der Waals surface area contributed by atoms with E-state index in [9.17, 15) is 0 Å². The maximum atomic E-state index is 3.54. The molecule has 0 radical (unpaired) electrons. The Morgan fingerprint density at radius 1 is 1.27 bits per heavy atom. The van der Waals surface area contributed by atoms with Gasteiger partial charge in [-0.05, 0) is 38.5 Å². The fourth-order valence-electron chi connectivity index (χ4n) is 3.06. The summed E-state index contributed by atoms with van der Waals surface area (Å²) in [6.45, 7) is 13.2. The van der Waals surface area contributed by atoms with Gasteiger partial charge in [-0.2, -0.15) is 0 Å². The first-order chi connectivity index (χ1) is 7.03. The molecule has 1 N–H and O–H groups in total. The molecule has 0 amide bonds. The Balaban J connectivity index is 2.09. The van der Waals surface area contributed by atoms with Gasteiger partial charge in [0.25, 0.3) is 0 Å². The highest BCUT2D eigenvalue weighted by molar-refractivity contribution is 5.00. The first-order valence-corrected chi connectivity index (χ1v) is 6.51. The smallest absolute Gasteiger partial charge is 0.0249 e. The maximum Gasteiger partial charge on any atom is 0.0249 e. The summed E-state index contributed by atoms with van der Waals surface area (Å²) >= 11 is 0. The predicted molar refractivity (Wildman–Crippen MR) is 65.0 cm³/mol. The van der Waals surface area contributed by atoms with Crippen molar-refractivity contribution in [3.8, 4) is 0 Å². The van der Waals surface area contributed by atoms with Crippen molar-refractivity contribution in [3.63, 3.8) is 0 Å². The number of piperazine rings is 1. The molecule has 1 saturated carbocycles. The summed E-state index contributed by atoms with van der Waals surface area (Å²) in [4.78, 5) is 2.77. The predicted octanol–water partition coefficient (Wildman–Crippen LogP) is 2.10. The summed E-state index contributed by atoms with van der Waals surface area (Å²) in [7, 11) is 0. The average molecular weight is 210 g/mol. The number of hydrogen-bond acceptors (Lipinski definition) is 2. The topological polar surface area (TPSA) is 15.3 Å². The van der Waals surface area contributed by atoms with Gasteiger partial charge in [0.2, 0.25) is 0 Å². The van der Waals surface area contributed by atoms with E-state index in [0.29, 0.717) is 5.54 Å². The highest BCUT2D eigenvalue weighted by atomic mass is 15.3. The van der Waals surface area contributed by atoms with Gasteiger partial charge in [0.15, 0.2) is 0 Å². The van der Waals surface area contributed by atoms with Crippen LogP contribution in [-0.4, -0.2) is 36.1 Å². The highest BCUT2D eigenvalue weighted by Gasteiger charge is 2.45. The summed E-state index contributed by atoms with van der Waals surface area (Å²) in [6, 6.07) is 0.731. The van der Waals surface area contributed by atoms with Gasteiger partial charge in [0.05, 0.1) is 0 Å². The van der Waals surface area contributed by atoms with E-state index in [2.05, 4.69) is 37.9 Å². The first kappa shape index (κ1) is 11.4. The van der Waals surface area contributed by atoms with Crippen molar-refractivity contribution in [3.05, 3.63) is 0 Å². The Bertz CT molecular complexity index is 219. The summed E-state index contributed by atoms with van der Waals surface area (Å²) in [5.74, 6) is 1.72. The molecule has 15 heavy (non-hydrogen) atoms. The van der Waals surface area contributed by atoms with Gasteiger partial charge in [0.1, 0.15) is 0 Å². The molecule has 0 spiro atoms. The van der Waals surface area contributed by atoms with E-state index in [-0.39, 0.29) is 0 Å². The number of nitrogens with zero attached hydrogens (tertiary/aromatic N) is 1. The Morgan fingerprint density at radius 2 is 1.93 bits per heavy atom. The van der Waals surface area contributed by atoms with Crippen LogP contribution < -0.4 is 5.32 Å². The van der Waals surface area contributed by atoms with Crippen molar-refractivity contribution in [2.45, 2.75) is 52.1 Å². The van der Waals surface area contributed by atoms with Gasteiger partial charge in [-0.15, -0.1) is 0 Å². The maximum absolute atomic E-state index is 3.54. The molecule has 0 aromatic carbocycles. The molecule has 2 aliphatic rings. The number of nitrogens with one attached hydrogen (secondary N) is 1. The molecule has 0 bridgehead atoms. The van der Waals surface area contributed by atoms with Crippen LogP contribution in [0.15, 0.2) is 0 Å². The lowest BCUT2D eigenvalue weighted by Crippen LogP contribution is -2.61. The van der Waals surface area contributed by atoms with Crippen LogP contribution in [0.3, 0.4) is 0 Å². The van der Waals surface area contributed by atoms with E-state index in [0.717, 1.165) is 17.9 Å². The summed E-state index contributed by atoms with van der Waals surface area (Å²) < 4.78 is 0. The van der Waals surface area contributed by atoms with Gasteiger partial charge in [-0.25, -0.2) is 0 Å². The fourth-order valence-corrected chi connectivity index (χ4v) is 3.06. The third-order valence-corrected chi connectivity index (χ3v) is 4.37. The normalized spacial score (nSPS) is 29.8. The van der Waals surface area contributed by atoms with E-state index < -0.39 is 0 Å². The van der Waals surface area contributed by atoms with Gasteiger partial charge < -0.3 is 5.32 Å². The summed E-state index contributed by atoms with van der Waals surface area (Å²) in [5.41, 5.74) is 0.428. The third-order valence-electron chi connectivity index (χ3n) is 4.37. The third kappa shape index (κ3) is 2.21. The average Bonchev–Trinajstić information content (AvgIpc) is 3.01. The van der Waals surface area contributed by atoms with Gasteiger partial charge in [0, 0.05) is 31.2 Å². The molecular weight excluding hydrogens is 184 g/mol. The minimum atomic E-state index is 0.428. The molecule has 2 rings (SSSR count). The van der Waals surface area contributed by atoms with E-state index in [4.69, 9.17) is 0 Å². The van der Waals surface area contributed by atoms with Crippen molar-refractivity contribution in [2.75, 3.05) is 19.6 Å². The monoisotopic (exact) mass is 210 g/mol. The quantitative estimate of drug-likeness (QED) is 0.767. The van der Waals surface area contributed by atoms with Gasteiger partial charge >= 0.3 is 0 Å². The minimum absolute atomic E-state index is 0.428. The summed E-state index contributed by atoms with van der Waals surface area (Å²) in [5, 5.41) is 3.54. The van der Waals surface area contributed by atoms with Crippen LogP contribution in [0.25, 0.3) is 0 Å². The van der Waals surface area contributed by atoms with Crippen LogP contribution in [0, 0.1) is 11.8 Å². The number of hydrogen-bond donors (Lipinski definition) is 1. The zero-order chi connectivity index (χ0) is 11.1. The molecule has 1 saturated heterocycles. The van der Waals surface area contributed by atoms with E-state index >= 15 is 0 Å². The Hall–Kier alpha value is -0.0800. The zero-order valence-corrected chi connectivity index (χ0v) is 10.7. The largest absolute Gasteiger partial charge is 0.314 e. The van der Waals surface area contributed by atoms with Crippen LogP contribution in [0.2, 0.25) is 0 Å². The number of rotatable bonds is 3. The summed E-state index contributed by atoms with van der Waals surface area (Å²) in [6.07, 6.45) is 2.89. The second-order valence-corrected chi connectivity index (χ2v) is 6.14. The van der Waals surface area contributed by atoms with Crippen molar-refractivity contribution >= 4 is 0 Å². The van der Waals surface area contributed by atoms with Crippen molar-refractivity contribution in [1.29, 1.82) is 0 Å². The van der Waals surface area contributed by atoms with Crippen LogP contribution in [0.5, 0.6) is 0 Å². The van der Waals surface area contributed by atoms with Crippen molar-refractivity contribution in [2.24, 2.45) is 11.8 Å². The SMILES string of the molecule is CC(C)C1CNCCN1C(C)(C)C1CC1. The molecular formula is C13H26N2. The second-order valence-electron chi connectivity index (χ2n) is 6.14. The van der Waals surface area contributed by atoms with E-state index in [1.165, 1.54) is 32.5 Å². The molecule has 0 aromatic heterocycles. The van der Waals surface area contributed by atoms with Crippen LogP contribution in [0.1, 0.15) is 40.5 Å². The first-order valence-electron chi connectivity index (χ1n) is 6.51. The molecule has 0 aromatic rings. The molecule has 88 valence electrons. The lowest BCUT2D eigenvalue weighted by Gasteiger charge is -2.48. The van der Waals surface area contributed by atoms with Gasteiger partial charge in [-0.3, -0.25) is 4.90 Å². The molecule has 2 heteroatoms. The Labute approximate surface area is 94.4 Å². The Kier molecular flexibility index (Phi) is 3.09. The van der Waals surface area contributed by atoms with Crippen LogP contribution in [0.4, 0.5) is 0 Å². The van der Waals surface area contributed by atoms with Gasteiger partial charge in [-0.1, -0.05) is 13.8 Å². The second kappa shape index (κ2) is 4.06. The standard InChI is InChI=1S/C13H26N2/c1-10(2)12-9-14-7-8-15(12)13(3,4)11-5-6-11/h10-12,14H,5-9H2,1-4H3.